The van der Waals surface area contributed by atoms with E-state index in [-0.39, 0.29) is 5.91 Å². The fraction of sp³-hybridized carbons (Fsp3) is 0.923. The van der Waals surface area contributed by atoms with Crippen LogP contribution in [-0.2, 0) is 9.53 Å². The molecule has 1 heterocycles. The number of hydrogen-bond acceptors (Lipinski definition) is 3. The van der Waals surface area contributed by atoms with Gasteiger partial charge in [0.25, 0.3) is 0 Å². The van der Waals surface area contributed by atoms with E-state index in [1.165, 1.54) is 12.8 Å². The lowest BCUT2D eigenvalue weighted by Gasteiger charge is -2.23. The maximum Gasteiger partial charge on any atom is 0.221 e. The largest absolute Gasteiger partial charge is 0.381 e. The molecule has 4 nitrogen and oxygen atoms in total. The molecular weight excluding hydrogens is 216 g/mol. The third kappa shape index (κ3) is 3.96. The summed E-state index contributed by atoms with van der Waals surface area (Å²) in [5.41, 5.74) is 0. The zero-order valence-electron chi connectivity index (χ0n) is 10.7. The van der Waals surface area contributed by atoms with Crippen molar-refractivity contribution in [2.24, 2.45) is 0 Å². The van der Waals surface area contributed by atoms with Gasteiger partial charge in [0.1, 0.15) is 0 Å². The van der Waals surface area contributed by atoms with Gasteiger partial charge in [-0.05, 0) is 38.6 Å². The third-order valence-corrected chi connectivity index (χ3v) is 3.93. The molecule has 17 heavy (non-hydrogen) atoms. The summed E-state index contributed by atoms with van der Waals surface area (Å²) in [4.78, 5) is 11.9. The molecule has 1 amide bonds. The number of piperidine rings is 1. The Bertz CT molecular complexity index is 252. The Hall–Kier alpha value is -0.610. The maximum atomic E-state index is 11.9. The molecule has 0 aromatic heterocycles. The molecule has 0 aromatic carbocycles. The molecule has 1 aliphatic carbocycles. The summed E-state index contributed by atoms with van der Waals surface area (Å²) < 4.78 is 5.31. The number of carbonyl (C=O) groups excluding carboxylic acids is 1. The lowest BCUT2D eigenvalue weighted by Crippen LogP contribution is -2.41. The van der Waals surface area contributed by atoms with Gasteiger partial charge < -0.3 is 15.4 Å². The van der Waals surface area contributed by atoms with E-state index >= 15 is 0 Å². The first-order chi connectivity index (χ1) is 8.28. The van der Waals surface area contributed by atoms with Crippen LogP contribution in [0.15, 0.2) is 0 Å². The molecule has 2 N–H and O–H groups in total. The minimum absolute atomic E-state index is 0.200. The van der Waals surface area contributed by atoms with Gasteiger partial charge in [-0.3, -0.25) is 4.79 Å². The average Bonchev–Trinajstić information content (AvgIpc) is 2.78. The minimum Gasteiger partial charge on any atom is -0.381 e. The van der Waals surface area contributed by atoms with Gasteiger partial charge in [0, 0.05) is 25.6 Å². The van der Waals surface area contributed by atoms with E-state index in [1.807, 2.05) is 0 Å². The van der Waals surface area contributed by atoms with E-state index in [2.05, 4.69) is 10.6 Å². The van der Waals surface area contributed by atoms with Crippen molar-refractivity contribution in [1.29, 1.82) is 0 Å². The number of carbonyl (C=O) groups is 1. The van der Waals surface area contributed by atoms with E-state index in [4.69, 9.17) is 4.74 Å². The SMILES string of the molecule is COC1CCC(NC(=O)CC2CCCCN2)C1. The molecule has 3 atom stereocenters. The van der Waals surface area contributed by atoms with Crippen molar-refractivity contribution in [2.75, 3.05) is 13.7 Å². The molecule has 2 rings (SSSR count). The van der Waals surface area contributed by atoms with Gasteiger partial charge in [-0.1, -0.05) is 6.42 Å². The second-order valence-corrected chi connectivity index (χ2v) is 5.29. The van der Waals surface area contributed by atoms with Crippen LogP contribution in [0.1, 0.15) is 44.9 Å². The topological polar surface area (TPSA) is 50.4 Å². The lowest BCUT2D eigenvalue weighted by atomic mass is 10.0. The van der Waals surface area contributed by atoms with Crippen LogP contribution in [0.5, 0.6) is 0 Å². The van der Waals surface area contributed by atoms with Gasteiger partial charge in [-0.15, -0.1) is 0 Å². The highest BCUT2D eigenvalue weighted by Crippen LogP contribution is 2.21. The van der Waals surface area contributed by atoms with E-state index in [9.17, 15) is 4.79 Å². The van der Waals surface area contributed by atoms with Crippen molar-refractivity contribution in [1.82, 2.24) is 10.6 Å². The Kier molecular flexibility index (Phi) is 4.80. The van der Waals surface area contributed by atoms with E-state index < -0.39 is 0 Å². The van der Waals surface area contributed by atoms with Crippen LogP contribution in [0, 0.1) is 0 Å². The first kappa shape index (κ1) is 12.8. The van der Waals surface area contributed by atoms with Crippen molar-refractivity contribution in [3.63, 3.8) is 0 Å². The molecule has 4 heteroatoms. The molecule has 2 fully saturated rings. The van der Waals surface area contributed by atoms with Crippen molar-refractivity contribution in [3.05, 3.63) is 0 Å². The van der Waals surface area contributed by atoms with E-state index in [1.54, 1.807) is 7.11 Å². The van der Waals surface area contributed by atoms with Gasteiger partial charge in [-0.2, -0.15) is 0 Å². The van der Waals surface area contributed by atoms with Crippen LogP contribution in [0.25, 0.3) is 0 Å². The highest BCUT2D eigenvalue weighted by atomic mass is 16.5. The van der Waals surface area contributed by atoms with Gasteiger partial charge in [0.15, 0.2) is 0 Å². The van der Waals surface area contributed by atoms with Gasteiger partial charge in [0.2, 0.25) is 5.91 Å². The number of hydrogen-bond donors (Lipinski definition) is 2. The average molecular weight is 240 g/mol. The molecule has 98 valence electrons. The summed E-state index contributed by atoms with van der Waals surface area (Å²) in [6, 6.07) is 0.722. The molecule has 0 radical (unpaired) electrons. The lowest BCUT2D eigenvalue weighted by molar-refractivity contribution is -0.122. The highest BCUT2D eigenvalue weighted by molar-refractivity contribution is 5.76. The Balaban J connectivity index is 1.66. The quantitative estimate of drug-likeness (QED) is 0.776. The molecule has 1 aliphatic heterocycles. The number of nitrogens with one attached hydrogen (secondary N) is 2. The first-order valence-electron chi connectivity index (χ1n) is 6.83. The number of methoxy groups -OCH3 is 1. The molecule has 2 aliphatic rings. The maximum absolute atomic E-state index is 11.9. The fourth-order valence-corrected chi connectivity index (χ4v) is 2.89. The normalized spacial score (nSPS) is 33.6. The van der Waals surface area contributed by atoms with Crippen molar-refractivity contribution >= 4 is 5.91 Å². The molecular formula is C13H24N2O2. The van der Waals surface area contributed by atoms with Crippen molar-refractivity contribution in [3.8, 4) is 0 Å². The van der Waals surface area contributed by atoms with E-state index in [0.29, 0.717) is 24.6 Å². The predicted octanol–water partition coefficient (Wildman–Crippen LogP) is 1.20. The second-order valence-electron chi connectivity index (χ2n) is 5.29. The van der Waals surface area contributed by atoms with Crippen LogP contribution in [0.4, 0.5) is 0 Å². The smallest absolute Gasteiger partial charge is 0.221 e. The zero-order chi connectivity index (χ0) is 12.1. The molecule has 0 bridgehead atoms. The van der Waals surface area contributed by atoms with Gasteiger partial charge in [-0.25, -0.2) is 0 Å². The van der Waals surface area contributed by atoms with Gasteiger partial charge >= 0.3 is 0 Å². The summed E-state index contributed by atoms with van der Waals surface area (Å²) in [7, 11) is 1.75. The Morgan fingerprint density at radius 3 is 2.88 bits per heavy atom. The molecule has 1 saturated heterocycles. The number of rotatable bonds is 4. The second kappa shape index (κ2) is 6.36. The third-order valence-electron chi connectivity index (χ3n) is 3.93. The Morgan fingerprint density at radius 2 is 2.24 bits per heavy atom. The number of ether oxygens (including phenoxy) is 1. The summed E-state index contributed by atoms with van der Waals surface area (Å²) in [5.74, 6) is 0.200. The summed E-state index contributed by atoms with van der Waals surface area (Å²) in [6.45, 7) is 1.06. The number of amides is 1. The molecule has 0 spiro atoms. The Labute approximate surface area is 103 Å². The van der Waals surface area contributed by atoms with Crippen LogP contribution in [0.3, 0.4) is 0 Å². The molecule has 1 saturated carbocycles. The summed E-state index contributed by atoms with van der Waals surface area (Å²) in [6.07, 6.45) is 7.71. The highest BCUT2D eigenvalue weighted by Gasteiger charge is 2.26. The molecule has 3 unspecified atom stereocenters. The van der Waals surface area contributed by atoms with Crippen molar-refractivity contribution < 1.29 is 9.53 Å². The van der Waals surface area contributed by atoms with Crippen LogP contribution in [-0.4, -0.2) is 37.7 Å². The molecule has 0 aromatic rings. The fourth-order valence-electron chi connectivity index (χ4n) is 2.89. The predicted molar refractivity (Wildman–Crippen MR) is 66.8 cm³/mol. The van der Waals surface area contributed by atoms with Crippen LogP contribution >= 0.6 is 0 Å². The Morgan fingerprint density at radius 1 is 1.35 bits per heavy atom. The summed E-state index contributed by atoms with van der Waals surface area (Å²) in [5, 5.41) is 6.54. The minimum atomic E-state index is 0.200. The first-order valence-corrected chi connectivity index (χ1v) is 6.83. The zero-order valence-corrected chi connectivity index (χ0v) is 10.7. The standard InChI is InChI=1S/C13H24N2O2/c1-17-12-6-5-11(8-12)15-13(16)9-10-4-2-3-7-14-10/h10-12,14H,2-9H2,1H3,(H,15,16). The van der Waals surface area contributed by atoms with Crippen molar-refractivity contribution in [2.45, 2.75) is 63.1 Å². The van der Waals surface area contributed by atoms with Crippen LogP contribution < -0.4 is 10.6 Å². The van der Waals surface area contributed by atoms with Crippen LogP contribution in [0.2, 0.25) is 0 Å². The van der Waals surface area contributed by atoms with Gasteiger partial charge in [0.05, 0.1) is 6.10 Å². The summed E-state index contributed by atoms with van der Waals surface area (Å²) >= 11 is 0. The monoisotopic (exact) mass is 240 g/mol. The van der Waals surface area contributed by atoms with E-state index in [0.717, 1.165) is 32.2 Å².